The summed E-state index contributed by atoms with van der Waals surface area (Å²) < 4.78 is 20.9. The van der Waals surface area contributed by atoms with Crippen molar-refractivity contribution < 1.29 is 42.8 Å². The van der Waals surface area contributed by atoms with Crippen LogP contribution < -0.4 is 5.11 Å². The van der Waals surface area contributed by atoms with E-state index in [0.29, 0.717) is 11.0 Å². The Kier molecular flexibility index (Phi) is 11.7. The largest absolute Gasteiger partial charge is 0.545 e. The highest BCUT2D eigenvalue weighted by Gasteiger charge is 2.22. The van der Waals surface area contributed by atoms with Crippen molar-refractivity contribution in [1.29, 1.82) is 0 Å². The second-order valence-corrected chi connectivity index (χ2v) is 8.75. The number of hydrogen-bond donors (Lipinski definition) is 2. The molecule has 0 bridgehead atoms. The molecule has 0 aromatic carbocycles. The Morgan fingerprint density at radius 2 is 1.74 bits per heavy atom. The third-order valence-electron chi connectivity index (χ3n) is 3.87. The van der Waals surface area contributed by atoms with Crippen LogP contribution in [-0.4, -0.2) is 67.3 Å². The molecule has 0 radical (unpaired) electrons. The standard InChI is InChI=1S/C10H14O4.C7H18NO4P/c11-9(12)6-8(10(13)14)7-4-2-1-3-5-7;1-5-11-13(9,10)12-7-6-8(2,3)4/h6-7H,1-5H2,(H,11,12)(H,13,14);5-7H2,1-4H3/b8-6-;. The molecule has 1 saturated carbocycles. The van der Waals surface area contributed by atoms with Gasteiger partial charge >= 0.3 is 13.8 Å². The first-order valence-corrected chi connectivity index (χ1v) is 10.5. The fraction of sp³-hybridized carbons (Fsp3) is 0.765. The number of carbonyl (C=O) groups is 2. The summed E-state index contributed by atoms with van der Waals surface area (Å²) in [5, 5.41) is 19.1. The maximum Gasteiger partial charge on any atom is 0.472 e. The fourth-order valence-corrected chi connectivity index (χ4v) is 3.24. The van der Waals surface area contributed by atoms with Gasteiger partial charge in [-0.2, -0.15) is 0 Å². The molecule has 2 N–H and O–H groups in total. The minimum atomic E-state index is -3.79. The SMILES string of the molecule is CCOP(=O)(O)OCC[N+](C)(C)C.O=C([O-])/C=C(\C(=O)O)C1CCCCC1. The van der Waals surface area contributed by atoms with Gasteiger partial charge in [0.1, 0.15) is 13.2 Å². The summed E-state index contributed by atoms with van der Waals surface area (Å²) in [6, 6.07) is 0. The average Bonchev–Trinajstić information content (AvgIpc) is 2.52. The molecule has 9 nitrogen and oxygen atoms in total. The van der Waals surface area contributed by atoms with Crippen LogP contribution in [0, 0.1) is 5.92 Å². The summed E-state index contributed by atoms with van der Waals surface area (Å²) in [6.45, 7) is 2.71. The van der Waals surface area contributed by atoms with Gasteiger partial charge in [-0.25, -0.2) is 9.36 Å². The van der Waals surface area contributed by atoms with Gasteiger partial charge in [-0.1, -0.05) is 19.3 Å². The van der Waals surface area contributed by atoms with Crippen molar-refractivity contribution in [3.05, 3.63) is 11.6 Å². The number of carboxylic acids is 2. The number of rotatable bonds is 9. The van der Waals surface area contributed by atoms with Crippen LogP contribution in [0.5, 0.6) is 0 Å². The maximum absolute atomic E-state index is 11.0. The Morgan fingerprint density at radius 1 is 1.19 bits per heavy atom. The predicted molar refractivity (Wildman–Crippen MR) is 97.6 cm³/mol. The molecule has 0 aromatic rings. The molecule has 0 spiro atoms. The van der Waals surface area contributed by atoms with E-state index >= 15 is 0 Å². The van der Waals surface area contributed by atoms with Crippen LogP contribution in [0.4, 0.5) is 0 Å². The lowest BCUT2D eigenvalue weighted by Gasteiger charge is -2.23. The van der Waals surface area contributed by atoms with Crippen molar-refractivity contribution in [3.63, 3.8) is 0 Å². The zero-order valence-electron chi connectivity index (χ0n) is 16.5. The van der Waals surface area contributed by atoms with Gasteiger partial charge in [-0.3, -0.25) is 9.05 Å². The second-order valence-electron chi connectivity index (χ2n) is 7.29. The highest BCUT2D eigenvalue weighted by atomic mass is 31.2. The molecular formula is C17H32NO8P. The quantitative estimate of drug-likeness (QED) is 0.329. The normalized spacial score (nSPS) is 18.2. The van der Waals surface area contributed by atoms with Crippen LogP contribution >= 0.6 is 7.82 Å². The molecular weight excluding hydrogens is 377 g/mol. The number of carbonyl (C=O) groups excluding carboxylic acids is 1. The van der Waals surface area contributed by atoms with Crippen molar-refractivity contribution in [2.24, 2.45) is 5.92 Å². The van der Waals surface area contributed by atoms with Crippen molar-refractivity contribution in [3.8, 4) is 0 Å². The van der Waals surface area contributed by atoms with Gasteiger partial charge in [0, 0.05) is 5.57 Å². The summed E-state index contributed by atoms with van der Waals surface area (Å²) >= 11 is 0. The lowest BCUT2D eigenvalue weighted by atomic mass is 9.83. The molecule has 27 heavy (non-hydrogen) atoms. The van der Waals surface area contributed by atoms with Gasteiger partial charge < -0.3 is 24.4 Å². The van der Waals surface area contributed by atoms with Crippen LogP contribution in [-0.2, 0) is 23.2 Å². The predicted octanol–water partition coefficient (Wildman–Crippen LogP) is 1.17. The lowest BCUT2D eigenvalue weighted by molar-refractivity contribution is -0.870. The zero-order valence-corrected chi connectivity index (χ0v) is 17.4. The van der Waals surface area contributed by atoms with Gasteiger partial charge in [0.15, 0.2) is 0 Å². The molecule has 0 aliphatic heterocycles. The highest BCUT2D eigenvalue weighted by molar-refractivity contribution is 7.47. The summed E-state index contributed by atoms with van der Waals surface area (Å²) in [6.07, 6.45) is 5.31. The van der Waals surface area contributed by atoms with Gasteiger partial charge in [0.2, 0.25) is 0 Å². The monoisotopic (exact) mass is 409 g/mol. The molecule has 158 valence electrons. The molecule has 1 aliphatic carbocycles. The molecule has 1 fully saturated rings. The van der Waals surface area contributed by atoms with E-state index in [9.17, 15) is 19.3 Å². The second kappa shape index (κ2) is 12.3. The lowest BCUT2D eigenvalue weighted by Crippen LogP contribution is -2.37. The summed E-state index contributed by atoms with van der Waals surface area (Å²) in [7, 11) is 2.15. The van der Waals surface area contributed by atoms with E-state index in [1.807, 2.05) is 21.1 Å². The smallest absolute Gasteiger partial charge is 0.472 e. The van der Waals surface area contributed by atoms with Crippen LogP contribution in [0.2, 0.25) is 0 Å². The summed E-state index contributed by atoms with van der Waals surface area (Å²) in [4.78, 5) is 30.1. The molecule has 0 heterocycles. The van der Waals surface area contributed by atoms with Crippen LogP contribution in [0.25, 0.3) is 0 Å². The zero-order chi connectivity index (χ0) is 21.1. The first kappa shape index (κ1) is 25.8. The van der Waals surface area contributed by atoms with E-state index in [1.54, 1.807) is 6.92 Å². The van der Waals surface area contributed by atoms with Crippen LogP contribution in [0.3, 0.4) is 0 Å². The van der Waals surface area contributed by atoms with Gasteiger partial charge in [0.25, 0.3) is 0 Å². The fourth-order valence-electron chi connectivity index (χ4n) is 2.53. The van der Waals surface area contributed by atoms with Gasteiger partial charge in [-0.15, -0.1) is 0 Å². The Hall–Kier alpha value is -1.25. The molecule has 0 saturated heterocycles. The molecule has 1 unspecified atom stereocenters. The average molecular weight is 409 g/mol. The number of hydrogen-bond acceptors (Lipinski definition) is 6. The molecule has 10 heteroatoms. The van der Waals surface area contributed by atoms with E-state index < -0.39 is 19.8 Å². The van der Waals surface area contributed by atoms with E-state index in [-0.39, 0.29) is 24.7 Å². The number of quaternary nitrogens is 1. The highest BCUT2D eigenvalue weighted by Crippen LogP contribution is 2.42. The Labute approximate surface area is 160 Å². The molecule has 0 aromatic heterocycles. The van der Waals surface area contributed by atoms with Gasteiger partial charge in [0.05, 0.1) is 33.7 Å². The third-order valence-corrected chi connectivity index (χ3v) is 4.97. The number of carboxylic acid groups (broad SMARTS) is 2. The van der Waals surface area contributed by atoms with Crippen LogP contribution in [0.15, 0.2) is 11.6 Å². The minimum absolute atomic E-state index is 0.00954. The molecule has 1 atom stereocenters. The summed E-state index contributed by atoms with van der Waals surface area (Å²) in [5.74, 6) is -2.67. The van der Waals surface area contributed by atoms with Crippen molar-refractivity contribution in [2.45, 2.75) is 39.0 Å². The van der Waals surface area contributed by atoms with Crippen molar-refractivity contribution >= 4 is 19.8 Å². The van der Waals surface area contributed by atoms with Crippen molar-refractivity contribution in [2.75, 3.05) is 40.9 Å². The number of aliphatic carboxylic acids is 2. The first-order valence-electron chi connectivity index (χ1n) is 8.96. The summed E-state index contributed by atoms with van der Waals surface area (Å²) in [5.41, 5.74) is -0.00954. The van der Waals surface area contributed by atoms with Gasteiger partial charge in [-0.05, 0) is 31.8 Å². The number of phosphoric ester groups is 1. The first-order chi connectivity index (χ1) is 12.4. The van der Waals surface area contributed by atoms with Crippen LogP contribution in [0.1, 0.15) is 39.0 Å². The third kappa shape index (κ3) is 13.5. The number of nitrogens with zero attached hydrogens (tertiary/aromatic N) is 1. The number of phosphoric acid groups is 1. The van der Waals surface area contributed by atoms with E-state index in [4.69, 9.17) is 14.5 Å². The minimum Gasteiger partial charge on any atom is -0.545 e. The van der Waals surface area contributed by atoms with E-state index in [1.165, 1.54) is 0 Å². The van der Waals surface area contributed by atoms with E-state index in [2.05, 4.69) is 4.52 Å². The van der Waals surface area contributed by atoms with Crippen molar-refractivity contribution in [1.82, 2.24) is 0 Å². The van der Waals surface area contributed by atoms with E-state index in [0.717, 1.165) is 38.2 Å². The number of likely N-dealkylation sites (N-methyl/N-ethyl adjacent to an activating group) is 1. The maximum atomic E-state index is 11.0. The Balaban J connectivity index is 0.000000503. The molecule has 0 amide bonds. The Morgan fingerprint density at radius 3 is 2.15 bits per heavy atom. The Bertz CT molecular complexity index is 550. The molecule has 1 aliphatic rings. The molecule has 1 rings (SSSR count). The topological polar surface area (TPSA) is 133 Å².